The fourth-order valence-corrected chi connectivity index (χ4v) is 2.03. The molecule has 0 radical (unpaired) electrons. The fraction of sp³-hybridized carbons (Fsp3) is 0.308. The van der Waals surface area contributed by atoms with E-state index in [1.807, 2.05) is 43.3 Å². The summed E-state index contributed by atoms with van der Waals surface area (Å²) in [7, 11) is 3.91. The molecule has 1 unspecified atom stereocenters. The summed E-state index contributed by atoms with van der Waals surface area (Å²) in [4.78, 5) is 16.1. The van der Waals surface area contributed by atoms with Crippen molar-refractivity contribution in [1.29, 1.82) is 0 Å². The summed E-state index contributed by atoms with van der Waals surface area (Å²) < 4.78 is 0. The molecule has 8 nitrogen and oxygen atoms in total. The summed E-state index contributed by atoms with van der Waals surface area (Å²) in [6, 6.07) is 7.80. The lowest BCUT2D eigenvalue weighted by Gasteiger charge is -2.28. The minimum atomic E-state index is -1.18. The number of rotatable bonds is 4. The van der Waals surface area contributed by atoms with E-state index in [0.717, 1.165) is 11.3 Å². The maximum atomic E-state index is 10.7. The molecule has 0 aliphatic carbocycles. The van der Waals surface area contributed by atoms with Crippen molar-refractivity contribution in [2.45, 2.75) is 12.2 Å². The van der Waals surface area contributed by atoms with Crippen LogP contribution in [0.15, 0.2) is 41.2 Å². The Morgan fingerprint density at radius 2 is 2.00 bits per heavy atom. The van der Waals surface area contributed by atoms with Gasteiger partial charge in [-0.15, -0.1) is 0 Å². The van der Waals surface area contributed by atoms with Gasteiger partial charge in [-0.05, 0) is 17.7 Å². The van der Waals surface area contributed by atoms with Gasteiger partial charge in [0, 0.05) is 26.2 Å². The Labute approximate surface area is 122 Å². The highest BCUT2D eigenvalue weighted by Gasteiger charge is 2.32. The van der Waals surface area contributed by atoms with Gasteiger partial charge < -0.3 is 16.0 Å². The van der Waals surface area contributed by atoms with Crippen molar-refractivity contribution in [1.82, 2.24) is 5.32 Å². The second kappa shape index (κ2) is 5.41. The van der Waals surface area contributed by atoms with Gasteiger partial charge in [0.05, 0.1) is 11.1 Å². The molecule has 112 valence electrons. The lowest BCUT2D eigenvalue weighted by molar-refractivity contribution is -0.416. The van der Waals surface area contributed by atoms with E-state index in [9.17, 15) is 10.1 Å². The zero-order valence-corrected chi connectivity index (χ0v) is 11.9. The van der Waals surface area contributed by atoms with Crippen LogP contribution in [0.4, 0.5) is 5.69 Å². The molecule has 1 heterocycles. The third kappa shape index (κ3) is 3.29. The lowest BCUT2D eigenvalue weighted by Crippen LogP contribution is -2.55. The minimum absolute atomic E-state index is 0.175. The molecular weight excluding hydrogens is 272 g/mol. The summed E-state index contributed by atoms with van der Waals surface area (Å²) in [5.74, 6) is -1.35. The zero-order valence-electron chi connectivity index (χ0n) is 11.9. The molecule has 1 aromatic carbocycles. The Balaban J connectivity index is 2.15. The van der Waals surface area contributed by atoms with Crippen LogP contribution in [0, 0.1) is 10.1 Å². The number of nitrogens with two attached hydrogens (primary N) is 2. The van der Waals surface area contributed by atoms with Crippen molar-refractivity contribution in [2.24, 2.45) is 16.5 Å². The van der Waals surface area contributed by atoms with E-state index >= 15 is 0 Å². The highest BCUT2D eigenvalue weighted by atomic mass is 16.6. The van der Waals surface area contributed by atoms with Crippen LogP contribution in [0.5, 0.6) is 0 Å². The number of nitrogens with one attached hydrogen (secondary N) is 1. The highest BCUT2D eigenvalue weighted by Crippen LogP contribution is 2.18. The summed E-state index contributed by atoms with van der Waals surface area (Å²) in [6.07, 6.45) is 1.55. The van der Waals surface area contributed by atoms with Gasteiger partial charge in [0.15, 0.2) is 5.79 Å². The SMILES string of the molecule is CN(C)c1ccc(CC2(N)N=C(N)C([N+](=O)[O-])=CN2)cc1. The number of nitrogens with zero attached hydrogens (tertiary/aromatic N) is 3. The van der Waals surface area contributed by atoms with Crippen LogP contribution in [0.1, 0.15) is 5.56 Å². The number of amidine groups is 1. The normalized spacial score (nSPS) is 21.1. The van der Waals surface area contributed by atoms with Crippen molar-refractivity contribution >= 4 is 11.5 Å². The van der Waals surface area contributed by atoms with E-state index in [1.54, 1.807) is 0 Å². The van der Waals surface area contributed by atoms with Crippen LogP contribution in [-0.2, 0) is 6.42 Å². The summed E-state index contributed by atoms with van der Waals surface area (Å²) in [6.45, 7) is 0. The van der Waals surface area contributed by atoms with Crippen molar-refractivity contribution < 1.29 is 4.92 Å². The fourth-order valence-electron chi connectivity index (χ4n) is 2.03. The first-order valence-corrected chi connectivity index (χ1v) is 6.34. The molecule has 0 saturated heterocycles. The summed E-state index contributed by atoms with van der Waals surface area (Å²) in [5, 5.41) is 13.5. The first kappa shape index (κ1) is 14.8. The first-order chi connectivity index (χ1) is 9.81. The van der Waals surface area contributed by atoms with E-state index in [1.165, 1.54) is 6.20 Å². The summed E-state index contributed by atoms with van der Waals surface area (Å²) in [5.41, 5.74) is 13.4. The number of benzene rings is 1. The molecule has 21 heavy (non-hydrogen) atoms. The predicted octanol–water partition coefficient (Wildman–Crippen LogP) is -0.0139. The molecule has 1 aromatic rings. The number of nitro groups is 1. The molecular formula is C13H18N6O2. The second-order valence-corrected chi connectivity index (χ2v) is 5.09. The topological polar surface area (TPSA) is 123 Å². The highest BCUT2D eigenvalue weighted by molar-refractivity contribution is 5.95. The molecule has 1 aliphatic heterocycles. The molecule has 0 aromatic heterocycles. The molecule has 1 atom stereocenters. The second-order valence-electron chi connectivity index (χ2n) is 5.09. The predicted molar refractivity (Wildman–Crippen MR) is 81.2 cm³/mol. The Morgan fingerprint density at radius 1 is 1.38 bits per heavy atom. The van der Waals surface area contributed by atoms with E-state index < -0.39 is 10.7 Å². The van der Waals surface area contributed by atoms with Crippen LogP contribution in [0.3, 0.4) is 0 Å². The van der Waals surface area contributed by atoms with Crippen LogP contribution in [-0.4, -0.2) is 30.6 Å². The number of hydrogen-bond acceptors (Lipinski definition) is 7. The first-order valence-electron chi connectivity index (χ1n) is 6.34. The van der Waals surface area contributed by atoms with Gasteiger partial charge in [-0.25, -0.2) is 4.99 Å². The quantitative estimate of drug-likeness (QED) is 0.529. The van der Waals surface area contributed by atoms with E-state index in [-0.39, 0.29) is 11.5 Å². The monoisotopic (exact) mass is 290 g/mol. The van der Waals surface area contributed by atoms with E-state index in [4.69, 9.17) is 11.5 Å². The number of aliphatic imine (C=N–C) groups is 1. The van der Waals surface area contributed by atoms with Crippen LogP contribution < -0.4 is 21.7 Å². The molecule has 0 amide bonds. The Bertz CT molecular complexity index is 608. The molecule has 5 N–H and O–H groups in total. The molecule has 8 heteroatoms. The minimum Gasteiger partial charge on any atom is -0.378 e. The van der Waals surface area contributed by atoms with Crippen molar-refractivity contribution in [2.75, 3.05) is 19.0 Å². The van der Waals surface area contributed by atoms with Gasteiger partial charge in [0.2, 0.25) is 5.84 Å². The van der Waals surface area contributed by atoms with Gasteiger partial charge >= 0.3 is 5.70 Å². The van der Waals surface area contributed by atoms with Gasteiger partial charge in [0.25, 0.3) is 0 Å². The molecule has 0 spiro atoms. The number of hydrogen-bond donors (Lipinski definition) is 3. The van der Waals surface area contributed by atoms with Gasteiger partial charge in [0.1, 0.15) is 0 Å². The molecule has 0 fully saturated rings. The van der Waals surface area contributed by atoms with Crippen LogP contribution in [0.25, 0.3) is 0 Å². The maximum absolute atomic E-state index is 10.7. The average Bonchev–Trinajstić information content (AvgIpc) is 2.38. The maximum Gasteiger partial charge on any atom is 0.326 e. The van der Waals surface area contributed by atoms with Gasteiger partial charge in [-0.1, -0.05) is 12.1 Å². The summed E-state index contributed by atoms with van der Waals surface area (Å²) >= 11 is 0. The van der Waals surface area contributed by atoms with E-state index in [2.05, 4.69) is 10.3 Å². The lowest BCUT2D eigenvalue weighted by atomic mass is 10.1. The molecule has 1 aliphatic rings. The van der Waals surface area contributed by atoms with Crippen LogP contribution >= 0.6 is 0 Å². The zero-order chi connectivity index (χ0) is 15.6. The Kier molecular flexibility index (Phi) is 3.81. The molecule has 0 bridgehead atoms. The van der Waals surface area contributed by atoms with Gasteiger partial charge in [-0.2, -0.15) is 0 Å². The smallest absolute Gasteiger partial charge is 0.326 e. The van der Waals surface area contributed by atoms with Crippen LogP contribution in [0.2, 0.25) is 0 Å². The van der Waals surface area contributed by atoms with Gasteiger partial charge in [-0.3, -0.25) is 15.8 Å². The number of anilines is 1. The van der Waals surface area contributed by atoms with Crippen molar-refractivity contribution in [3.63, 3.8) is 0 Å². The van der Waals surface area contributed by atoms with Crippen molar-refractivity contribution in [3.05, 3.63) is 51.8 Å². The average molecular weight is 290 g/mol. The third-order valence-corrected chi connectivity index (χ3v) is 3.16. The standard InChI is InChI=1S/C13H18N6O2/c1-18(2)10-5-3-9(4-6-10)7-13(15)16-8-11(19(20)21)12(14)17-13/h3-6,8,16H,7,15H2,1-2H3,(H2,14,17). The largest absolute Gasteiger partial charge is 0.378 e. The Morgan fingerprint density at radius 3 is 2.48 bits per heavy atom. The van der Waals surface area contributed by atoms with Crippen molar-refractivity contribution in [3.8, 4) is 0 Å². The molecule has 0 saturated carbocycles. The molecule has 2 rings (SSSR count). The Hall–Kier alpha value is -2.61. The third-order valence-electron chi connectivity index (χ3n) is 3.16. The van der Waals surface area contributed by atoms with E-state index in [0.29, 0.717) is 6.42 Å².